The first-order chi connectivity index (χ1) is 11.6. The van der Waals surface area contributed by atoms with Crippen LogP contribution in [-0.2, 0) is 4.79 Å². The first kappa shape index (κ1) is 15.9. The summed E-state index contributed by atoms with van der Waals surface area (Å²) >= 11 is 0. The van der Waals surface area contributed by atoms with Crippen molar-refractivity contribution in [1.29, 1.82) is 5.26 Å². The lowest BCUT2D eigenvalue weighted by Crippen LogP contribution is -2.38. The SMILES string of the molecule is C[C@H](Nc1ccc(Oc2cccc(C#N)c2)cc1)C(=O)NC1CC1. The second-order valence-corrected chi connectivity index (χ2v) is 5.91. The lowest BCUT2D eigenvalue weighted by atomic mass is 10.2. The Morgan fingerprint density at radius 3 is 2.62 bits per heavy atom. The maximum Gasteiger partial charge on any atom is 0.242 e. The molecule has 0 aliphatic heterocycles. The van der Waals surface area contributed by atoms with Crippen LogP contribution in [0.15, 0.2) is 48.5 Å². The van der Waals surface area contributed by atoms with Crippen molar-refractivity contribution in [3.63, 3.8) is 0 Å². The van der Waals surface area contributed by atoms with E-state index in [9.17, 15) is 4.79 Å². The van der Waals surface area contributed by atoms with Crippen LogP contribution >= 0.6 is 0 Å². The monoisotopic (exact) mass is 321 g/mol. The van der Waals surface area contributed by atoms with Crippen molar-refractivity contribution in [3.05, 3.63) is 54.1 Å². The molecule has 5 nitrogen and oxygen atoms in total. The second kappa shape index (κ2) is 7.05. The Morgan fingerprint density at radius 1 is 1.21 bits per heavy atom. The fourth-order valence-electron chi connectivity index (χ4n) is 2.25. The summed E-state index contributed by atoms with van der Waals surface area (Å²) in [4.78, 5) is 11.9. The summed E-state index contributed by atoms with van der Waals surface area (Å²) in [7, 11) is 0. The number of hydrogen-bond donors (Lipinski definition) is 2. The predicted octanol–water partition coefficient (Wildman–Crippen LogP) is 3.43. The van der Waals surface area contributed by atoms with Crippen molar-refractivity contribution >= 4 is 11.6 Å². The van der Waals surface area contributed by atoms with Crippen LogP contribution in [0.2, 0.25) is 0 Å². The number of hydrogen-bond acceptors (Lipinski definition) is 4. The largest absolute Gasteiger partial charge is 0.457 e. The number of ether oxygens (including phenoxy) is 1. The molecule has 0 saturated heterocycles. The summed E-state index contributed by atoms with van der Waals surface area (Å²) in [5.41, 5.74) is 1.41. The molecule has 2 aromatic carbocycles. The minimum absolute atomic E-state index is 0.0196. The topological polar surface area (TPSA) is 74.1 Å². The molecule has 0 unspecified atom stereocenters. The molecule has 2 aromatic rings. The smallest absolute Gasteiger partial charge is 0.242 e. The van der Waals surface area contributed by atoms with Crippen molar-refractivity contribution in [2.45, 2.75) is 31.8 Å². The van der Waals surface area contributed by atoms with E-state index in [2.05, 4.69) is 16.7 Å². The van der Waals surface area contributed by atoms with Gasteiger partial charge < -0.3 is 15.4 Å². The number of nitrogens with zero attached hydrogens (tertiary/aromatic N) is 1. The highest BCUT2D eigenvalue weighted by molar-refractivity contribution is 5.84. The number of rotatable bonds is 6. The quantitative estimate of drug-likeness (QED) is 0.855. The predicted molar refractivity (Wildman–Crippen MR) is 91.9 cm³/mol. The van der Waals surface area contributed by atoms with Gasteiger partial charge in [0, 0.05) is 11.7 Å². The van der Waals surface area contributed by atoms with Gasteiger partial charge in [0.05, 0.1) is 11.6 Å². The molecule has 122 valence electrons. The normalized spacial score (nSPS) is 14.3. The third-order valence-electron chi connectivity index (χ3n) is 3.75. The standard InChI is InChI=1S/C19H19N3O2/c1-13(19(23)22-16-5-6-16)21-15-7-9-17(10-8-15)24-18-4-2-3-14(11-18)12-20/h2-4,7-11,13,16,21H,5-6H2,1H3,(H,22,23)/t13-/m0/s1. The van der Waals surface area contributed by atoms with Gasteiger partial charge in [0.15, 0.2) is 0 Å². The highest BCUT2D eigenvalue weighted by Crippen LogP contribution is 2.24. The molecular weight excluding hydrogens is 302 g/mol. The average Bonchev–Trinajstić information content (AvgIpc) is 3.40. The molecule has 0 radical (unpaired) electrons. The van der Waals surface area contributed by atoms with Crippen molar-refractivity contribution in [2.24, 2.45) is 0 Å². The molecule has 5 heteroatoms. The Labute approximate surface area is 141 Å². The van der Waals surface area contributed by atoms with Crippen LogP contribution in [0.4, 0.5) is 5.69 Å². The van der Waals surface area contributed by atoms with E-state index in [1.54, 1.807) is 24.3 Å². The third-order valence-corrected chi connectivity index (χ3v) is 3.75. The molecule has 1 aliphatic carbocycles. The fraction of sp³-hybridized carbons (Fsp3) is 0.263. The minimum Gasteiger partial charge on any atom is -0.457 e. The van der Waals surface area contributed by atoms with E-state index in [-0.39, 0.29) is 11.9 Å². The van der Waals surface area contributed by atoms with Crippen LogP contribution < -0.4 is 15.4 Å². The Hall–Kier alpha value is -3.00. The first-order valence-electron chi connectivity index (χ1n) is 7.99. The van der Waals surface area contributed by atoms with Crippen molar-refractivity contribution in [2.75, 3.05) is 5.32 Å². The van der Waals surface area contributed by atoms with Crippen LogP contribution in [0, 0.1) is 11.3 Å². The maximum absolute atomic E-state index is 11.9. The zero-order valence-electron chi connectivity index (χ0n) is 13.5. The van der Waals surface area contributed by atoms with Gasteiger partial charge in [0.25, 0.3) is 0 Å². The first-order valence-corrected chi connectivity index (χ1v) is 7.99. The highest BCUT2D eigenvalue weighted by Gasteiger charge is 2.25. The second-order valence-electron chi connectivity index (χ2n) is 5.91. The molecule has 0 aromatic heterocycles. The minimum atomic E-state index is -0.287. The van der Waals surface area contributed by atoms with Gasteiger partial charge in [0.1, 0.15) is 17.5 Å². The van der Waals surface area contributed by atoms with Gasteiger partial charge in [-0.3, -0.25) is 4.79 Å². The molecule has 3 rings (SSSR count). The lowest BCUT2D eigenvalue weighted by molar-refractivity contribution is -0.121. The lowest BCUT2D eigenvalue weighted by Gasteiger charge is -2.15. The Bertz CT molecular complexity index is 761. The van der Waals surface area contributed by atoms with Gasteiger partial charge in [-0.15, -0.1) is 0 Å². The van der Waals surface area contributed by atoms with Crippen molar-refractivity contribution in [3.8, 4) is 17.6 Å². The molecule has 0 heterocycles. The highest BCUT2D eigenvalue weighted by atomic mass is 16.5. The molecule has 1 atom stereocenters. The van der Waals surface area contributed by atoms with Gasteiger partial charge >= 0.3 is 0 Å². The summed E-state index contributed by atoms with van der Waals surface area (Å²) in [5, 5.41) is 15.1. The van der Waals surface area contributed by atoms with Crippen molar-refractivity contribution in [1.82, 2.24) is 5.32 Å². The number of nitriles is 1. The average molecular weight is 321 g/mol. The Morgan fingerprint density at radius 2 is 1.96 bits per heavy atom. The van der Waals surface area contributed by atoms with Gasteiger partial charge in [-0.25, -0.2) is 0 Å². The van der Waals surface area contributed by atoms with Gasteiger partial charge in [-0.2, -0.15) is 5.26 Å². The number of anilines is 1. The molecule has 1 saturated carbocycles. The van der Waals surface area contributed by atoms with E-state index in [0.717, 1.165) is 18.5 Å². The zero-order valence-corrected chi connectivity index (χ0v) is 13.5. The Balaban J connectivity index is 1.58. The molecule has 1 aliphatic rings. The number of amides is 1. The number of carbonyl (C=O) groups is 1. The van der Waals surface area contributed by atoms with Gasteiger partial charge in [-0.05, 0) is 62.2 Å². The van der Waals surface area contributed by atoms with E-state index in [0.29, 0.717) is 23.1 Å². The molecule has 24 heavy (non-hydrogen) atoms. The van der Waals surface area contributed by atoms with E-state index in [1.165, 1.54) is 0 Å². The van der Waals surface area contributed by atoms with Crippen LogP contribution in [-0.4, -0.2) is 18.0 Å². The number of nitrogens with one attached hydrogen (secondary N) is 2. The summed E-state index contributed by atoms with van der Waals surface area (Å²) in [6, 6.07) is 16.5. The summed E-state index contributed by atoms with van der Waals surface area (Å²) in [5.74, 6) is 1.31. The molecule has 0 bridgehead atoms. The van der Waals surface area contributed by atoms with E-state index >= 15 is 0 Å². The zero-order chi connectivity index (χ0) is 16.9. The van der Waals surface area contributed by atoms with E-state index in [4.69, 9.17) is 10.00 Å². The number of benzene rings is 2. The van der Waals surface area contributed by atoms with Crippen LogP contribution in [0.1, 0.15) is 25.3 Å². The van der Waals surface area contributed by atoms with Crippen molar-refractivity contribution < 1.29 is 9.53 Å². The summed E-state index contributed by atoms with van der Waals surface area (Å²) in [6.07, 6.45) is 2.16. The molecule has 1 fully saturated rings. The molecule has 2 N–H and O–H groups in total. The summed E-state index contributed by atoms with van der Waals surface area (Å²) < 4.78 is 5.73. The van der Waals surface area contributed by atoms with E-state index in [1.807, 2.05) is 31.2 Å². The van der Waals surface area contributed by atoms with Gasteiger partial charge in [-0.1, -0.05) is 6.07 Å². The van der Waals surface area contributed by atoms with E-state index < -0.39 is 0 Å². The molecule has 1 amide bonds. The maximum atomic E-state index is 11.9. The van der Waals surface area contributed by atoms with Gasteiger partial charge in [0.2, 0.25) is 5.91 Å². The number of carbonyl (C=O) groups excluding carboxylic acids is 1. The van der Waals surface area contributed by atoms with Crippen LogP contribution in [0.5, 0.6) is 11.5 Å². The molecule has 0 spiro atoms. The Kier molecular flexibility index (Phi) is 4.66. The summed E-state index contributed by atoms with van der Waals surface area (Å²) in [6.45, 7) is 1.84. The third kappa shape index (κ3) is 4.26. The van der Waals surface area contributed by atoms with Crippen LogP contribution in [0.25, 0.3) is 0 Å². The fourth-order valence-corrected chi connectivity index (χ4v) is 2.25. The molecular formula is C19H19N3O2. The van der Waals surface area contributed by atoms with Crippen LogP contribution in [0.3, 0.4) is 0 Å².